The van der Waals surface area contributed by atoms with Crippen LogP contribution in [-0.4, -0.2) is 37.3 Å². The second-order valence-corrected chi connectivity index (χ2v) is 6.04. The molecule has 0 saturated heterocycles. The average Bonchev–Trinajstić information content (AvgIpc) is 2.56. The van der Waals surface area contributed by atoms with Gasteiger partial charge in [-0.05, 0) is 43.6 Å². The largest absolute Gasteiger partial charge is 0.502 e. The van der Waals surface area contributed by atoms with Gasteiger partial charge in [-0.1, -0.05) is 39.5 Å². The van der Waals surface area contributed by atoms with Crippen LogP contribution >= 0.6 is 0 Å². The van der Waals surface area contributed by atoms with Crippen molar-refractivity contribution in [3.63, 3.8) is 0 Å². The summed E-state index contributed by atoms with van der Waals surface area (Å²) >= 11 is 0. The summed E-state index contributed by atoms with van der Waals surface area (Å²) < 4.78 is 10.5. The number of ether oxygens (including phenoxy) is 2. The lowest BCUT2D eigenvalue weighted by atomic mass is 10.1. The molecule has 1 aromatic carbocycles. The van der Waals surface area contributed by atoms with E-state index in [4.69, 9.17) is 9.47 Å². The maximum absolute atomic E-state index is 10.0. The molecule has 0 atom stereocenters. The summed E-state index contributed by atoms with van der Waals surface area (Å²) in [6.07, 6.45) is 7.48. The third kappa shape index (κ3) is 6.69. The molecule has 23 heavy (non-hydrogen) atoms. The molecule has 4 heteroatoms. The van der Waals surface area contributed by atoms with Crippen LogP contribution in [0.4, 0.5) is 0 Å². The molecule has 1 aromatic rings. The number of rotatable bonds is 12. The van der Waals surface area contributed by atoms with Crippen LogP contribution in [0.1, 0.15) is 57.9 Å². The van der Waals surface area contributed by atoms with Crippen LogP contribution in [0.5, 0.6) is 17.2 Å². The van der Waals surface area contributed by atoms with Crippen molar-refractivity contribution < 1.29 is 14.6 Å². The van der Waals surface area contributed by atoms with Gasteiger partial charge < -0.3 is 14.6 Å². The number of nitrogens with zero attached hydrogens (tertiary/aromatic N) is 1. The number of hydrogen-bond acceptors (Lipinski definition) is 4. The molecule has 0 aliphatic carbocycles. The van der Waals surface area contributed by atoms with E-state index < -0.39 is 0 Å². The Labute approximate surface area is 141 Å². The van der Waals surface area contributed by atoms with Crippen LogP contribution in [0.25, 0.3) is 0 Å². The Morgan fingerprint density at radius 1 is 0.870 bits per heavy atom. The lowest BCUT2D eigenvalue weighted by Crippen LogP contribution is -2.25. The van der Waals surface area contributed by atoms with Crippen LogP contribution < -0.4 is 9.47 Å². The maximum atomic E-state index is 10.0. The first-order valence-electron chi connectivity index (χ1n) is 8.82. The first-order chi connectivity index (χ1) is 11.2. The first kappa shape index (κ1) is 19.6. The Kier molecular flexibility index (Phi) is 9.53. The minimum atomic E-state index is 0.0715. The van der Waals surface area contributed by atoms with Gasteiger partial charge in [0.2, 0.25) is 5.75 Å². The smallest absolute Gasteiger partial charge is 0.200 e. The predicted molar refractivity (Wildman–Crippen MR) is 95.5 cm³/mol. The van der Waals surface area contributed by atoms with Crippen molar-refractivity contribution in [2.24, 2.45) is 0 Å². The highest BCUT2D eigenvalue weighted by molar-refractivity contribution is 5.52. The molecule has 0 amide bonds. The first-order valence-corrected chi connectivity index (χ1v) is 8.82. The molecule has 0 unspecified atom stereocenters. The highest BCUT2D eigenvalue weighted by Crippen LogP contribution is 2.37. The van der Waals surface area contributed by atoms with Gasteiger partial charge in [0.1, 0.15) is 0 Å². The van der Waals surface area contributed by atoms with E-state index in [1.54, 1.807) is 14.2 Å². The van der Waals surface area contributed by atoms with Gasteiger partial charge in [0, 0.05) is 6.54 Å². The van der Waals surface area contributed by atoms with Crippen molar-refractivity contribution in [3.05, 3.63) is 17.7 Å². The number of phenols is 1. The fourth-order valence-electron chi connectivity index (χ4n) is 2.74. The van der Waals surface area contributed by atoms with E-state index in [0.29, 0.717) is 11.5 Å². The predicted octanol–water partition coefficient (Wildman–Crippen LogP) is 4.59. The lowest BCUT2D eigenvalue weighted by molar-refractivity contribution is 0.252. The molecule has 0 spiro atoms. The molecule has 0 fully saturated rings. The summed E-state index contributed by atoms with van der Waals surface area (Å²) in [6.45, 7) is 7.56. The van der Waals surface area contributed by atoms with E-state index in [2.05, 4.69) is 18.7 Å². The van der Waals surface area contributed by atoms with Crippen molar-refractivity contribution in [1.82, 2.24) is 4.90 Å². The quantitative estimate of drug-likeness (QED) is 0.571. The zero-order chi connectivity index (χ0) is 17.1. The second-order valence-electron chi connectivity index (χ2n) is 6.04. The minimum absolute atomic E-state index is 0.0715. The van der Waals surface area contributed by atoms with Crippen LogP contribution in [0.3, 0.4) is 0 Å². The SMILES string of the molecule is CCCCCN(CCCCC)Cc1cc(OC)c(O)c(OC)c1. The number of aromatic hydroxyl groups is 1. The van der Waals surface area contributed by atoms with Crippen LogP contribution in [0.2, 0.25) is 0 Å². The third-order valence-electron chi connectivity index (χ3n) is 4.10. The molecule has 132 valence electrons. The van der Waals surface area contributed by atoms with Crippen LogP contribution in [0, 0.1) is 0 Å². The Hall–Kier alpha value is -1.42. The lowest BCUT2D eigenvalue weighted by Gasteiger charge is -2.23. The van der Waals surface area contributed by atoms with Crippen molar-refractivity contribution in [2.75, 3.05) is 27.3 Å². The molecule has 0 aliphatic heterocycles. The van der Waals surface area contributed by atoms with Crippen LogP contribution in [-0.2, 0) is 6.54 Å². The summed E-state index contributed by atoms with van der Waals surface area (Å²) in [5.41, 5.74) is 1.12. The Morgan fingerprint density at radius 3 is 1.74 bits per heavy atom. The third-order valence-corrected chi connectivity index (χ3v) is 4.10. The van der Waals surface area contributed by atoms with Gasteiger partial charge in [-0.3, -0.25) is 4.90 Å². The van der Waals surface area contributed by atoms with Gasteiger partial charge in [-0.2, -0.15) is 0 Å². The summed E-state index contributed by atoms with van der Waals surface area (Å²) in [7, 11) is 3.14. The van der Waals surface area contributed by atoms with Crippen molar-refractivity contribution in [2.45, 2.75) is 58.9 Å². The van der Waals surface area contributed by atoms with Crippen molar-refractivity contribution in [3.8, 4) is 17.2 Å². The van der Waals surface area contributed by atoms with Gasteiger partial charge in [-0.15, -0.1) is 0 Å². The topological polar surface area (TPSA) is 41.9 Å². The second kappa shape index (κ2) is 11.2. The van der Waals surface area contributed by atoms with Gasteiger partial charge in [0.05, 0.1) is 14.2 Å². The van der Waals surface area contributed by atoms with Crippen molar-refractivity contribution >= 4 is 0 Å². The summed E-state index contributed by atoms with van der Waals surface area (Å²) in [5, 5.41) is 10.0. The molecule has 0 heterocycles. The normalized spacial score (nSPS) is 11.0. The van der Waals surface area contributed by atoms with E-state index in [1.807, 2.05) is 12.1 Å². The van der Waals surface area contributed by atoms with Crippen LogP contribution in [0.15, 0.2) is 12.1 Å². The Balaban J connectivity index is 2.79. The molecular formula is C19H33NO3. The monoisotopic (exact) mass is 323 g/mol. The zero-order valence-corrected chi connectivity index (χ0v) is 15.2. The van der Waals surface area contributed by atoms with Gasteiger partial charge in [0.25, 0.3) is 0 Å². The van der Waals surface area contributed by atoms with Gasteiger partial charge in [0.15, 0.2) is 11.5 Å². The fraction of sp³-hybridized carbons (Fsp3) is 0.684. The number of methoxy groups -OCH3 is 2. The molecule has 0 aromatic heterocycles. The zero-order valence-electron chi connectivity index (χ0n) is 15.2. The fourth-order valence-corrected chi connectivity index (χ4v) is 2.74. The summed E-state index contributed by atoms with van der Waals surface area (Å²) in [4.78, 5) is 2.50. The summed E-state index contributed by atoms with van der Waals surface area (Å²) in [5.74, 6) is 1.02. The molecule has 1 rings (SSSR count). The number of hydrogen-bond donors (Lipinski definition) is 1. The Bertz CT molecular complexity index is 413. The molecule has 4 nitrogen and oxygen atoms in total. The molecular weight excluding hydrogens is 290 g/mol. The highest BCUT2D eigenvalue weighted by atomic mass is 16.5. The molecule has 0 saturated carbocycles. The van der Waals surface area contributed by atoms with Gasteiger partial charge >= 0.3 is 0 Å². The number of phenolic OH excluding ortho intramolecular Hbond substituents is 1. The average molecular weight is 323 g/mol. The Morgan fingerprint density at radius 2 is 1.35 bits per heavy atom. The van der Waals surface area contributed by atoms with E-state index in [-0.39, 0.29) is 5.75 Å². The summed E-state index contributed by atoms with van der Waals surface area (Å²) in [6, 6.07) is 3.81. The van der Waals surface area contributed by atoms with E-state index in [1.165, 1.54) is 38.5 Å². The molecule has 0 aliphatic rings. The molecule has 0 bridgehead atoms. The number of benzene rings is 1. The standard InChI is InChI=1S/C19H33NO3/c1-5-7-9-11-20(12-10-8-6-2)15-16-13-17(22-3)19(21)18(14-16)23-4/h13-14,21H,5-12,15H2,1-4H3. The van der Waals surface area contributed by atoms with Gasteiger partial charge in [-0.25, -0.2) is 0 Å². The maximum Gasteiger partial charge on any atom is 0.200 e. The number of unbranched alkanes of at least 4 members (excludes halogenated alkanes) is 4. The highest BCUT2D eigenvalue weighted by Gasteiger charge is 2.13. The molecule has 1 N–H and O–H groups in total. The molecule has 0 radical (unpaired) electrons. The van der Waals surface area contributed by atoms with E-state index in [9.17, 15) is 5.11 Å². The van der Waals surface area contributed by atoms with Crippen molar-refractivity contribution in [1.29, 1.82) is 0 Å². The minimum Gasteiger partial charge on any atom is -0.502 e. The van der Waals surface area contributed by atoms with E-state index in [0.717, 1.165) is 25.2 Å². The van der Waals surface area contributed by atoms with E-state index >= 15 is 0 Å².